The average Bonchev–Trinajstić information content (AvgIpc) is 2.16. The molecule has 0 spiro atoms. The van der Waals surface area contributed by atoms with E-state index in [1.54, 1.807) is 6.08 Å². The minimum Gasteiger partial charge on any atom is -0.299 e. The molecule has 0 aliphatic heterocycles. The molecule has 0 aromatic heterocycles. The first-order valence-electron chi connectivity index (χ1n) is 4.18. The number of hydrogen-bond acceptors (Lipinski definition) is 1. The van der Waals surface area contributed by atoms with Gasteiger partial charge in [0.05, 0.1) is 0 Å². The van der Waals surface area contributed by atoms with Gasteiger partial charge in [0.1, 0.15) is 6.29 Å². The molecule has 1 aromatic carbocycles. The zero-order valence-electron chi connectivity index (χ0n) is 7.46. The van der Waals surface area contributed by atoms with Gasteiger partial charge in [0.2, 0.25) is 0 Å². The van der Waals surface area contributed by atoms with E-state index in [4.69, 9.17) is 11.6 Å². The van der Waals surface area contributed by atoms with Crippen LogP contribution < -0.4 is 0 Å². The molecular formula is C11H11ClO. The SMILES string of the molecule is CC/C(=C/C=O)c1ccccc1Cl. The van der Waals surface area contributed by atoms with Gasteiger partial charge in [0, 0.05) is 5.02 Å². The maximum Gasteiger partial charge on any atom is 0.143 e. The number of rotatable bonds is 3. The van der Waals surface area contributed by atoms with E-state index in [1.807, 2.05) is 31.2 Å². The molecule has 0 aliphatic rings. The monoisotopic (exact) mass is 194 g/mol. The molecule has 1 nitrogen and oxygen atoms in total. The zero-order valence-corrected chi connectivity index (χ0v) is 8.21. The fourth-order valence-electron chi connectivity index (χ4n) is 1.20. The molecule has 0 heterocycles. The second kappa shape index (κ2) is 4.83. The van der Waals surface area contributed by atoms with Gasteiger partial charge in [-0.2, -0.15) is 0 Å². The second-order valence-electron chi connectivity index (χ2n) is 2.66. The largest absolute Gasteiger partial charge is 0.299 e. The van der Waals surface area contributed by atoms with Gasteiger partial charge in [-0.25, -0.2) is 0 Å². The van der Waals surface area contributed by atoms with Crippen LogP contribution in [0.1, 0.15) is 18.9 Å². The number of benzene rings is 1. The summed E-state index contributed by atoms with van der Waals surface area (Å²) in [6, 6.07) is 7.53. The summed E-state index contributed by atoms with van der Waals surface area (Å²) in [5, 5.41) is 0.692. The topological polar surface area (TPSA) is 17.1 Å². The van der Waals surface area contributed by atoms with E-state index >= 15 is 0 Å². The maximum absolute atomic E-state index is 10.3. The van der Waals surface area contributed by atoms with Crippen LogP contribution >= 0.6 is 11.6 Å². The summed E-state index contributed by atoms with van der Waals surface area (Å²) in [6.07, 6.45) is 3.16. The van der Waals surface area contributed by atoms with E-state index < -0.39 is 0 Å². The van der Waals surface area contributed by atoms with Gasteiger partial charge in [-0.15, -0.1) is 0 Å². The number of carbonyl (C=O) groups excluding carboxylic acids is 1. The standard InChI is InChI=1S/C11H11ClO/c1-2-9(7-8-13)10-5-3-4-6-11(10)12/h3-8H,2H2,1H3/b9-7-. The summed E-state index contributed by atoms with van der Waals surface area (Å²) < 4.78 is 0. The average molecular weight is 195 g/mol. The van der Waals surface area contributed by atoms with Gasteiger partial charge in [-0.05, 0) is 29.7 Å². The van der Waals surface area contributed by atoms with Crippen molar-refractivity contribution in [1.29, 1.82) is 0 Å². The van der Waals surface area contributed by atoms with Crippen LogP contribution in [0.4, 0.5) is 0 Å². The maximum atomic E-state index is 10.3. The lowest BCUT2D eigenvalue weighted by Crippen LogP contribution is -1.84. The fraction of sp³-hybridized carbons (Fsp3) is 0.182. The van der Waals surface area contributed by atoms with Crippen LogP contribution in [-0.2, 0) is 4.79 Å². The summed E-state index contributed by atoms with van der Waals surface area (Å²) in [6.45, 7) is 2.00. The van der Waals surface area contributed by atoms with Crippen LogP contribution in [0.3, 0.4) is 0 Å². The molecule has 1 rings (SSSR count). The number of carbonyl (C=O) groups is 1. The second-order valence-corrected chi connectivity index (χ2v) is 3.07. The van der Waals surface area contributed by atoms with Gasteiger partial charge >= 0.3 is 0 Å². The lowest BCUT2D eigenvalue weighted by Gasteiger charge is -2.05. The molecule has 0 bridgehead atoms. The third kappa shape index (κ3) is 2.43. The van der Waals surface area contributed by atoms with Crippen LogP contribution in [0.2, 0.25) is 5.02 Å². The first kappa shape index (κ1) is 10.0. The molecule has 0 amide bonds. The lowest BCUT2D eigenvalue weighted by molar-refractivity contribution is -0.104. The summed E-state index contributed by atoms with van der Waals surface area (Å²) in [4.78, 5) is 10.3. The lowest BCUT2D eigenvalue weighted by atomic mass is 10.0. The summed E-state index contributed by atoms with van der Waals surface area (Å²) >= 11 is 5.98. The number of aldehydes is 1. The molecule has 0 atom stereocenters. The van der Waals surface area contributed by atoms with Gasteiger partial charge in [-0.3, -0.25) is 4.79 Å². The van der Waals surface area contributed by atoms with E-state index in [0.29, 0.717) is 5.02 Å². The van der Waals surface area contributed by atoms with Crippen molar-refractivity contribution in [3.63, 3.8) is 0 Å². The highest BCUT2D eigenvalue weighted by molar-refractivity contribution is 6.32. The Morgan fingerprint density at radius 2 is 2.15 bits per heavy atom. The van der Waals surface area contributed by atoms with Crippen LogP contribution in [0, 0.1) is 0 Å². The van der Waals surface area contributed by atoms with Crippen molar-refractivity contribution in [1.82, 2.24) is 0 Å². The molecule has 2 heteroatoms. The molecular weight excluding hydrogens is 184 g/mol. The summed E-state index contributed by atoms with van der Waals surface area (Å²) in [5.74, 6) is 0. The first-order valence-corrected chi connectivity index (χ1v) is 4.56. The van der Waals surface area contributed by atoms with Gasteiger partial charge in [-0.1, -0.05) is 36.7 Å². The van der Waals surface area contributed by atoms with E-state index in [-0.39, 0.29) is 0 Å². The van der Waals surface area contributed by atoms with Crippen molar-refractivity contribution < 1.29 is 4.79 Å². The van der Waals surface area contributed by atoms with E-state index in [2.05, 4.69) is 0 Å². The van der Waals surface area contributed by atoms with Crippen LogP contribution in [-0.4, -0.2) is 6.29 Å². The van der Waals surface area contributed by atoms with E-state index in [0.717, 1.165) is 23.8 Å². The molecule has 0 saturated heterocycles. The van der Waals surface area contributed by atoms with Gasteiger partial charge in [0.15, 0.2) is 0 Å². The van der Waals surface area contributed by atoms with Gasteiger partial charge in [0.25, 0.3) is 0 Å². The van der Waals surface area contributed by atoms with Crippen molar-refractivity contribution in [2.24, 2.45) is 0 Å². The predicted molar refractivity (Wildman–Crippen MR) is 55.8 cm³/mol. The summed E-state index contributed by atoms with van der Waals surface area (Å²) in [5.41, 5.74) is 1.92. The Morgan fingerprint density at radius 1 is 1.46 bits per heavy atom. The van der Waals surface area contributed by atoms with Crippen LogP contribution in [0.25, 0.3) is 5.57 Å². The van der Waals surface area contributed by atoms with Crippen molar-refractivity contribution in [2.75, 3.05) is 0 Å². The highest BCUT2D eigenvalue weighted by Gasteiger charge is 2.02. The molecule has 0 fully saturated rings. The zero-order chi connectivity index (χ0) is 9.68. The Morgan fingerprint density at radius 3 is 2.69 bits per heavy atom. The first-order chi connectivity index (χ1) is 6.29. The minimum absolute atomic E-state index is 0.692. The highest BCUT2D eigenvalue weighted by Crippen LogP contribution is 2.25. The Balaban J connectivity index is 3.12. The molecule has 13 heavy (non-hydrogen) atoms. The van der Waals surface area contributed by atoms with E-state index in [1.165, 1.54) is 0 Å². The Hall–Kier alpha value is -1.08. The number of allylic oxidation sites excluding steroid dienone is 2. The smallest absolute Gasteiger partial charge is 0.143 e. The van der Waals surface area contributed by atoms with Gasteiger partial charge < -0.3 is 0 Å². The molecule has 1 aromatic rings. The molecule has 0 saturated carbocycles. The van der Waals surface area contributed by atoms with Crippen molar-refractivity contribution in [2.45, 2.75) is 13.3 Å². The third-order valence-corrected chi connectivity index (χ3v) is 2.20. The predicted octanol–water partition coefficient (Wildman–Crippen LogP) is 3.33. The van der Waals surface area contributed by atoms with Crippen LogP contribution in [0.15, 0.2) is 30.3 Å². The van der Waals surface area contributed by atoms with Crippen molar-refractivity contribution >= 4 is 23.5 Å². The van der Waals surface area contributed by atoms with E-state index in [9.17, 15) is 4.79 Å². The molecule has 0 radical (unpaired) electrons. The highest BCUT2D eigenvalue weighted by atomic mass is 35.5. The number of halogens is 1. The Kier molecular flexibility index (Phi) is 3.71. The molecule has 0 N–H and O–H groups in total. The quantitative estimate of drug-likeness (QED) is 0.533. The van der Waals surface area contributed by atoms with Crippen molar-refractivity contribution in [3.8, 4) is 0 Å². The minimum atomic E-state index is 0.692. The molecule has 68 valence electrons. The molecule has 0 unspecified atom stereocenters. The number of hydrogen-bond donors (Lipinski definition) is 0. The fourth-order valence-corrected chi connectivity index (χ4v) is 1.46. The van der Waals surface area contributed by atoms with Crippen LogP contribution in [0.5, 0.6) is 0 Å². The molecule has 0 aliphatic carbocycles. The third-order valence-electron chi connectivity index (χ3n) is 1.87. The Labute approximate surface area is 83.0 Å². The normalized spacial score (nSPS) is 11.4. The summed E-state index contributed by atoms with van der Waals surface area (Å²) in [7, 11) is 0. The Bertz CT molecular complexity index is 329. The van der Waals surface area contributed by atoms with Crippen molar-refractivity contribution in [3.05, 3.63) is 40.9 Å².